The second kappa shape index (κ2) is 8.41. The van der Waals surface area contributed by atoms with Crippen LogP contribution in [0.2, 0.25) is 0 Å². The van der Waals surface area contributed by atoms with E-state index in [-0.39, 0.29) is 11.9 Å². The minimum absolute atomic E-state index is 0.185. The van der Waals surface area contributed by atoms with Crippen molar-refractivity contribution in [2.45, 2.75) is 26.6 Å². The summed E-state index contributed by atoms with van der Waals surface area (Å²) in [7, 11) is 2.98. The fraction of sp³-hybridized carbons (Fsp3) is 0.333. The first-order valence-corrected chi connectivity index (χ1v) is 8.31. The van der Waals surface area contributed by atoms with Crippen molar-refractivity contribution in [1.82, 2.24) is 15.0 Å². The third kappa shape index (κ3) is 4.44. The Morgan fingerprint density at radius 3 is 2.17 bits per heavy atom. The molecule has 0 unspecified atom stereocenters. The topological polar surface area (TPSA) is 78.5 Å². The molecule has 0 amide bonds. The molecule has 1 aromatic carbocycles. The molecule has 29 heavy (non-hydrogen) atoms. The van der Waals surface area contributed by atoms with Gasteiger partial charge >= 0.3 is 13.2 Å². The zero-order valence-corrected chi connectivity index (χ0v) is 15.6. The highest BCUT2D eigenvalue weighted by atomic mass is 19.3. The molecule has 7 nitrogen and oxygen atoms in total. The third-order valence-electron chi connectivity index (χ3n) is 4.01. The molecule has 11 heteroatoms. The molecule has 2 aromatic heterocycles. The van der Waals surface area contributed by atoms with Gasteiger partial charge in [-0.15, -0.1) is 0 Å². The van der Waals surface area contributed by atoms with E-state index in [1.165, 1.54) is 14.2 Å². The van der Waals surface area contributed by atoms with Crippen LogP contribution >= 0.6 is 0 Å². The Bertz CT molecular complexity index is 963. The molecule has 156 valence electrons. The molecule has 0 saturated carbocycles. The SMILES string of the molecule is COc1c(C)cnc(Cc2nc3cc(OC(F)F)c(OC(F)F)cc3[nH]2)c1OC. The first-order valence-electron chi connectivity index (χ1n) is 8.31. The van der Waals surface area contributed by atoms with E-state index in [1.54, 1.807) is 6.20 Å². The fourth-order valence-corrected chi connectivity index (χ4v) is 2.88. The summed E-state index contributed by atoms with van der Waals surface area (Å²) in [6.45, 7) is -4.60. The molecule has 0 saturated heterocycles. The number of hydrogen-bond donors (Lipinski definition) is 1. The molecule has 2 heterocycles. The van der Waals surface area contributed by atoms with Crippen LogP contribution in [0.5, 0.6) is 23.0 Å². The number of methoxy groups -OCH3 is 2. The summed E-state index contributed by atoms with van der Waals surface area (Å²) >= 11 is 0. The molecule has 0 radical (unpaired) electrons. The standard InChI is InChI=1S/C18H17F4N3O4/c1-8-7-23-11(16(27-3)15(8)26-2)6-14-24-9-4-12(28-17(19)20)13(29-18(21)22)5-10(9)25-14/h4-5,7,17-18H,6H2,1-3H3,(H,24,25). The lowest BCUT2D eigenvalue weighted by Crippen LogP contribution is -2.07. The number of alkyl halides is 4. The number of rotatable bonds is 8. The average molecular weight is 415 g/mol. The van der Waals surface area contributed by atoms with E-state index < -0.39 is 24.7 Å². The van der Waals surface area contributed by atoms with Gasteiger partial charge in [0.15, 0.2) is 23.0 Å². The van der Waals surface area contributed by atoms with Crippen LogP contribution in [0.25, 0.3) is 11.0 Å². The maximum Gasteiger partial charge on any atom is 0.387 e. The Balaban J connectivity index is 2.00. The van der Waals surface area contributed by atoms with Gasteiger partial charge in [-0.2, -0.15) is 17.6 Å². The van der Waals surface area contributed by atoms with Crippen LogP contribution in [0.3, 0.4) is 0 Å². The lowest BCUT2D eigenvalue weighted by molar-refractivity contribution is -0.0690. The third-order valence-corrected chi connectivity index (χ3v) is 4.01. The van der Waals surface area contributed by atoms with Crippen molar-refractivity contribution in [2.75, 3.05) is 14.2 Å². The van der Waals surface area contributed by atoms with Gasteiger partial charge in [0.05, 0.1) is 37.4 Å². The first kappa shape index (κ1) is 20.5. The lowest BCUT2D eigenvalue weighted by Gasteiger charge is -2.13. The molecule has 0 spiro atoms. The second-order valence-corrected chi connectivity index (χ2v) is 5.89. The number of hydrogen-bond acceptors (Lipinski definition) is 6. The van der Waals surface area contributed by atoms with Crippen molar-refractivity contribution in [1.29, 1.82) is 0 Å². The Morgan fingerprint density at radius 1 is 0.966 bits per heavy atom. The minimum Gasteiger partial charge on any atom is -0.492 e. The lowest BCUT2D eigenvalue weighted by atomic mass is 10.2. The number of benzene rings is 1. The first-order chi connectivity index (χ1) is 13.8. The predicted octanol–water partition coefficient (Wildman–Crippen LogP) is 4.08. The highest BCUT2D eigenvalue weighted by molar-refractivity contribution is 5.80. The molecule has 0 aliphatic rings. The number of aryl methyl sites for hydroxylation is 1. The van der Waals surface area contributed by atoms with E-state index >= 15 is 0 Å². The summed E-state index contributed by atoms with van der Waals surface area (Å²) in [5, 5.41) is 0. The summed E-state index contributed by atoms with van der Waals surface area (Å²) in [4.78, 5) is 11.5. The number of aromatic nitrogens is 3. The van der Waals surface area contributed by atoms with E-state index in [9.17, 15) is 17.6 Å². The van der Waals surface area contributed by atoms with E-state index in [0.29, 0.717) is 28.5 Å². The molecule has 0 bridgehead atoms. The highest BCUT2D eigenvalue weighted by Gasteiger charge is 2.19. The van der Waals surface area contributed by atoms with Crippen LogP contribution in [-0.2, 0) is 6.42 Å². The normalized spacial score (nSPS) is 11.3. The fourth-order valence-electron chi connectivity index (χ4n) is 2.88. The molecule has 1 N–H and O–H groups in total. The van der Waals surface area contributed by atoms with Gasteiger partial charge in [-0.3, -0.25) is 4.98 Å². The van der Waals surface area contributed by atoms with Gasteiger partial charge in [0.1, 0.15) is 5.82 Å². The van der Waals surface area contributed by atoms with Crippen molar-refractivity contribution < 1.29 is 36.5 Å². The molecular formula is C18H17F4N3O4. The van der Waals surface area contributed by atoms with Gasteiger partial charge in [0.2, 0.25) is 0 Å². The molecule has 0 atom stereocenters. The van der Waals surface area contributed by atoms with Crippen LogP contribution in [0.1, 0.15) is 17.1 Å². The van der Waals surface area contributed by atoms with Gasteiger partial charge in [0, 0.05) is 23.9 Å². The van der Waals surface area contributed by atoms with Gasteiger partial charge in [-0.25, -0.2) is 4.98 Å². The smallest absolute Gasteiger partial charge is 0.387 e. The van der Waals surface area contributed by atoms with Crippen molar-refractivity contribution in [2.24, 2.45) is 0 Å². The maximum atomic E-state index is 12.6. The number of halogens is 4. The van der Waals surface area contributed by atoms with Crippen molar-refractivity contribution >= 4 is 11.0 Å². The van der Waals surface area contributed by atoms with Crippen molar-refractivity contribution in [3.05, 3.63) is 35.4 Å². The number of fused-ring (bicyclic) bond motifs is 1. The van der Waals surface area contributed by atoms with E-state index in [2.05, 4.69) is 24.4 Å². The number of H-pyrrole nitrogens is 1. The predicted molar refractivity (Wildman–Crippen MR) is 94.2 cm³/mol. The summed E-state index contributed by atoms with van der Waals surface area (Å²) in [5.74, 6) is 0.272. The summed E-state index contributed by atoms with van der Waals surface area (Å²) < 4.78 is 69.6. The van der Waals surface area contributed by atoms with Crippen LogP contribution in [0, 0.1) is 6.92 Å². The summed E-state index contributed by atoms with van der Waals surface area (Å²) in [6.07, 6.45) is 1.80. The Kier molecular flexibility index (Phi) is 5.95. The van der Waals surface area contributed by atoms with E-state index in [1.807, 2.05) is 6.92 Å². The van der Waals surface area contributed by atoms with Crippen LogP contribution in [-0.4, -0.2) is 42.4 Å². The monoisotopic (exact) mass is 415 g/mol. The Morgan fingerprint density at radius 2 is 1.59 bits per heavy atom. The zero-order valence-electron chi connectivity index (χ0n) is 15.6. The maximum absolute atomic E-state index is 12.6. The molecular weight excluding hydrogens is 398 g/mol. The molecule has 0 aliphatic carbocycles. The van der Waals surface area contributed by atoms with Gasteiger partial charge in [0.25, 0.3) is 0 Å². The van der Waals surface area contributed by atoms with Crippen molar-refractivity contribution in [3.63, 3.8) is 0 Å². The Hall–Kier alpha value is -3.24. The minimum atomic E-state index is -3.21. The van der Waals surface area contributed by atoms with E-state index in [0.717, 1.165) is 17.7 Å². The molecule has 3 rings (SSSR count). The van der Waals surface area contributed by atoms with Crippen LogP contribution in [0.4, 0.5) is 17.6 Å². The highest BCUT2D eigenvalue weighted by Crippen LogP contribution is 2.36. The van der Waals surface area contributed by atoms with Gasteiger partial charge < -0.3 is 23.9 Å². The number of imidazole rings is 1. The summed E-state index contributed by atoms with van der Waals surface area (Å²) in [5.41, 5.74) is 1.83. The van der Waals surface area contributed by atoms with Gasteiger partial charge in [-0.1, -0.05) is 0 Å². The average Bonchev–Trinajstić information content (AvgIpc) is 3.03. The largest absolute Gasteiger partial charge is 0.492 e. The van der Waals surface area contributed by atoms with Gasteiger partial charge in [-0.05, 0) is 6.92 Å². The van der Waals surface area contributed by atoms with Crippen LogP contribution in [0.15, 0.2) is 18.3 Å². The van der Waals surface area contributed by atoms with Crippen LogP contribution < -0.4 is 18.9 Å². The summed E-state index contributed by atoms with van der Waals surface area (Å²) in [6, 6.07) is 2.22. The molecule has 0 fully saturated rings. The van der Waals surface area contributed by atoms with E-state index in [4.69, 9.17) is 9.47 Å². The number of nitrogens with zero attached hydrogens (tertiary/aromatic N) is 2. The number of aromatic amines is 1. The molecule has 3 aromatic rings. The zero-order chi connectivity index (χ0) is 21.1. The number of nitrogens with one attached hydrogen (secondary N) is 1. The van der Waals surface area contributed by atoms with Crippen molar-refractivity contribution in [3.8, 4) is 23.0 Å². The second-order valence-electron chi connectivity index (χ2n) is 5.89. The number of ether oxygens (including phenoxy) is 4. The quantitative estimate of drug-likeness (QED) is 0.559. The number of pyridine rings is 1. The molecule has 0 aliphatic heterocycles. The Labute approximate surface area is 162 Å².